The van der Waals surface area contributed by atoms with Crippen LogP contribution in [0.2, 0.25) is 0 Å². The Bertz CT molecular complexity index is 591. The van der Waals surface area contributed by atoms with Gasteiger partial charge in [0.25, 0.3) is 0 Å². The Balaban J connectivity index is 2.49. The van der Waals surface area contributed by atoms with Crippen molar-refractivity contribution in [2.24, 2.45) is 0 Å². The van der Waals surface area contributed by atoms with Crippen LogP contribution in [0, 0.1) is 0 Å². The first-order valence-corrected chi connectivity index (χ1v) is 7.55. The number of benzene rings is 1. The third-order valence-corrected chi connectivity index (χ3v) is 4.06. The lowest BCUT2D eigenvalue weighted by molar-refractivity contribution is 0.400. The zero-order valence-electron chi connectivity index (χ0n) is 12.7. The van der Waals surface area contributed by atoms with Crippen LogP contribution in [-0.2, 0) is 6.54 Å². The van der Waals surface area contributed by atoms with E-state index in [2.05, 4.69) is 33.3 Å². The van der Waals surface area contributed by atoms with Gasteiger partial charge in [0, 0.05) is 6.54 Å². The molecule has 21 heavy (non-hydrogen) atoms. The van der Waals surface area contributed by atoms with Gasteiger partial charge in [-0.2, -0.15) is 5.10 Å². The number of aromatic nitrogens is 2. The largest absolute Gasteiger partial charge is 0.496 e. The minimum Gasteiger partial charge on any atom is -0.496 e. The molecule has 5 nitrogen and oxygen atoms in total. The second-order valence-electron chi connectivity index (χ2n) is 4.53. The summed E-state index contributed by atoms with van der Waals surface area (Å²) in [5.74, 6) is 1.59. The van der Waals surface area contributed by atoms with E-state index in [0.717, 1.165) is 33.8 Å². The number of rotatable bonds is 6. The molecule has 0 fully saturated rings. The van der Waals surface area contributed by atoms with Gasteiger partial charge in [0.2, 0.25) is 0 Å². The fourth-order valence-electron chi connectivity index (χ4n) is 2.40. The van der Waals surface area contributed by atoms with Gasteiger partial charge in [0.15, 0.2) is 5.75 Å². The molecule has 1 aromatic carbocycles. The van der Waals surface area contributed by atoms with Crippen molar-refractivity contribution in [1.29, 1.82) is 0 Å². The molecule has 0 aliphatic heterocycles. The van der Waals surface area contributed by atoms with E-state index in [4.69, 9.17) is 9.47 Å². The minimum absolute atomic E-state index is 0.00962. The van der Waals surface area contributed by atoms with Gasteiger partial charge < -0.3 is 14.8 Å². The molecule has 1 heterocycles. The van der Waals surface area contributed by atoms with Crippen LogP contribution >= 0.6 is 15.9 Å². The summed E-state index contributed by atoms with van der Waals surface area (Å²) in [5.41, 5.74) is 2.12. The molecular formula is C15H20BrN3O2. The highest BCUT2D eigenvalue weighted by molar-refractivity contribution is 9.10. The van der Waals surface area contributed by atoms with Crippen LogP contribution in [0.5, 0.6) is 11.5 Å². The summed E-state index contributed by atoms with van der Waals surface area (Å²) in [6.07, 6.45) is 1.75. The van der Waals surface area contributed by atoms with Crippen LogP contribution in [0.4, 0.5) is 0 Å². The van der Waals surface area contributed by atoms with Crippen molar-refractivity contribution in [2.75, 3.05) is 21.3 Å². The van der Waals surface area contributed by atoms with E-state index in [9.17, 15) is 0 Å². The molecule has 0 spiro atoms. The van der Waals surface area contributed by atoms with Crippen LogP contribution in [-0.4, -0.2) is 31.0 Å². The minimum atomic E-state index is -0.00962. The van der Waals surface area contributed by atoms with Crippen LogP contribution in [0.15, 0.2) is 28.9 Å². The molecule has 0 radical (unpaired) electrons. The first-order valence-electron chi connectivity index (χ1n) is 6.76. The number of nitrogens with zero attached hydrogens (tertiary/aromatic N) is 2. The zero-order valence-corrected chi connectivity index (χ0v) is 14.3. The second kappa shape index (κ2) is 6.95. The molecule has 1 N–H and O–H groups in total. The third kappa shape index (κ3) is 3.06. The van der Waals surface area contributed by atoms with Gasteiger partial charge in [-0.3, -0.25) is 4.68 Å². The lowest BCUT2D eigenvalue weighted by Crippen LogP contribution is -2.22. The molecule has 6 heteroatoms. The first kappa shape index (κ1) is 15.9. The van der Waals surface area contributed by atoms with Gasteiger partial charge in [-0.15, -0.1) is 0 Å². The Kier molecular flexibility index (Phi) is 5.25. The maximum atomic E-state index is 5.45. The fourth-order valence-corrected chi connectivity index (χ4v) is 2.96. The molecule has 114 valence electrons. The lowest BCUT2D eigenvalue weighted by atomic mass is 10.0. The quantitative estimate of drug-likeness (QED) is 0.867. The monoisotopic (exact) mass is 353 g/mol. The summed E-state index contributed by atoms with van der Waals surface area (Å²) >= 11 is 3.53. The van der Waals surface area contributed by atoms with Crippen molar-refractivity contribution in [2.45, 2.75) is 19.5 Å². The van der Waals surface area contributed by atoms with Crippen LogP contribution in [0.3, 0.4) is 0 Å². The summed E-state index contributed by atoms with van der Waals surface area (Å²) in [7, 11) is 5.25. The van der Waals surface area contributed by atoms with E-state index in [1.165, 1.54) is 0 Å². The summed E-state index contributed by atoms with van der Waals surface area (Å²) in [4.78, 5) is 0. The maximum absolute atomic E-state index is 5.45. The Morgan fingerprint density at radius 2 is 2.00 bits per heavy atom. The summed E-state index contributed by atoms with van der Waals surface area (Å²) in [6, 6.07) is 6.02. The predicted octanol–water partition coefficient (Wildman–Crippen LogP) is 2.99. The summed E-state index contributed by atoms with van der Waals surface area (Å²) in [6.45, 7) is 2.85. The molecule has 0 saturated carbocycles. The van der Waals surface area contributed by atoms with E-state index in [1.54, 1.807) is 20.4 Å². The van der Waals surface area contributed by atoms with E-state index < -0.39 is 0 Å². The van der Waals surface area contributed by atoms with Crippen molar-refractivity contribution in [3.63, 3.8) is 0 Å². The molecule has 1 aromatic heterocycles. The summed E-state index contributed by atoms with van der Waals surface area (Å²) in [5, 5.41) is 7.70. The molecule has 1 unspecified atom stereocenters. The van der Waals surface area contributed by atoms with Crippen LogP contribution in [0.1, 0.15) is 24.2 Å². The Morgan fingerprint density at radius 1 is 1.29 bits per heavy atom. The molecule has 0 amide bonds. The number of ether oxygens (including phenoxy) is 2. The Labute approximate surface area is 133 Å². The smallest absolute Gasteiger partial charge is 0.161 e. The van der Waals surface area contributed by atoms with E-state index >= 15 is 0 Å². The maximum Gasteiger partial charge on any atom is 0.161 e. The van der Waals surface area contributed by atoms with Crippen molar-refractivity contribution < 1.29 is 9.47 Å². The van der Waals surface area contributed by atoms with Gasteiger partial charge in [-0.1, -0.05) is 6.07 Å². The van der Waals surface area contributed by atoms with Crippen molar-refractivity contribution in [3.05, 3.63) is 40.1 Å². The van der Waals surface area contributed by atoms with Gasteiger partial charge in [-0.25, -0.2) is 0 Å². The third-order valence-electron chi connectivity index (χ3n) is 3.44. The molecule has 0 saturated heterocycles. The van der Waals surface area contributed by atoms with Crippen molar-refractivity contribution in [1.82, 2.24) is 15.1 Å². The van der Waals surface area contributed by atoms with Crippen molar-refractivity contribution >= 4 is 15.9 Å². The number of nitrogens with one attached hydrogen (secondary N) is 1. The van der Waals surface area contributed by atoms with E-state index in [0.29, 0.717) is 0 Å². The average Bonchev–Trinajstić information content (AvgIpc) is 2.91. The Hall–Kier alpha value is -1.53. The number of halogens is 1. The molecule has 0 aliphatic carbocycles. The van der Waals surface area contributed by atoms with Gasteiger partial charge >= 0.3 is 0 Å². The van der Waals surface area contributed by atoms with Gasteiger partial charge in [0.05, 0.1) is 30.9 Å². The molecule has 2 rings (SSSR count). The van der Waals surface area contributed by atoms with Gasteiger partial charge in [0.1, 0.15) is 11.4 Å². The predicted molar refractivity (Wildman–Crippen MR) is 86.0 cm³/mol. The number of aryl methyl sites for hydroxylation is 1. The second-order valence-corrected chi connectivity index (χ2v) is 5.38. The SMILES string of the molecule is CCn1ncc(OC)c1C(NC)c1ccc(OC)c(Br)c1. The zero-order chi connectivity index (χ0) is 15.4. The highest BCUT2D eigenvalue weighted by atomic mass is 79.9. The van der Waals surface area contributed by atoms with Gasteiger partial charge in [-0.05, 0) is 47.6 Å². The molecule has 2 aromatic rings. The molecule has 0 aliphatic rings. The molecule has 0 bridgehead atoms. The highest BCUT2D eigenvalue weighted by Gasteiger charge is 2.22. The summed E-state index contributed by atoms with van der Waals surface area (Å²) < 4.78 is 13.6. The van der Waals surface area contributed by atoms with E-state index in [-0.39, 0.29) is 6.04 Å². The first-order chi connectivity index (χ1) is 10.2. The fraction of sp³-hybridized carbons (Fsp3) is 0.400. The average molecular weight is 354 g/mol. The van der Waals surface area contributed by atoms with Crippen LogP contribution < -0.4 is 14.8 Å². The Morgan fingerprint density at radius 3 is 2.52 bits per heavy atom. The van der Waals surface area contributed by atoms with Crippen molar-refractivity contribution in [3.8, 4) is 11.5 Å². The number of methoxy groups -OCH3 is 2. The normalized spacial score (nSPS) is 12.2. The van der Waals surface area contributed by atoms with Crippen LogP contribution in [0.25, 0.3) is 0 Å². The topological polar surface area (TPSA) is 48.3 Å². The standard InChI is InChI=1S/C15H20BrN3O2/c1-5-19-15(13(21-4)9-18-19)14(17-2)10-6-7-12(20-3)11(16)8-10/h6-9,14,17H,5H2,1-4H3. The number of hydrogen-bond donors (Lipinski definition) is 1. The number of hydrogen-bond acceptors (Lipinski definition) is 4. The van der Waals surface area contributed by atoms with E-state index in [1.807, 2.05) is 29.9 Å². The lowest BCUT2D eigenvalue weighted by Gasteiger charge is -2.20. The molecule has 1 atom stereocenters. The molecular weight excluding hydrogens is 334 g/mol. The highest BCUT2D eigenvalue weighted by Crippen LogP contribution is 2.33.